The number of nitrogens with one attached hydrogen (secondary N) is 1. The normalized spacial score (nSPS) is 14.2. The van der Waals surface area contributed by atoms with Crippen molar-refractivity contribution in [2.24, 2.45) is 0 Å². The second-order valence-electron chi connectivity index (χ2n) is 11.5. The van der Waals surface area contributed by atoms with Crippen molar-refractivity contribution >= 4 is 27.5 Å². The Morgan fingerprint density at radius 1 is 0.891 bits per heavy atom. The maximum Gasteiger partial charge on any atom is 0.264 e. The molecule has 1 saturated carbocycles. The minimum absolute atomic E-state index is 0.0297. The van der Waals surface area contributed by atoms with Gasteiger partial charge in [-0.2, -0.15) is 0 Å². The molecule has 0 aliphatic heterocycles. The molecular weight excluding hydrogens is 606 g/mol. The van der Waals surface area contributed by atoms with Crippen LogP contribution in [-0.4, -0.2) is 65.1 Å². The molecule has 3 aromatic carbocycles. The summed E-state index contributed by atoms with van der Waals surface area (Å²) in [5, 5.41) is 3.17. The van der Waals surface area contributed by atoms with Crippen LogP contribution in [0.3, 0.4) is 0 Å². The van der Waals surface area contributed by atoms with Gasteiger partial charge in [0.25, 0.3) is 10.0 Å². The SMILES string of the molecule is CC[C@@H](C(=O)NC1CCCCC1)N(Cc1cccc(OC)c1)C(=O)CN(c1ccc(OC)c(OC)c1)S(=O)(=O)c1ccc(C)cc1. The van der Waals surface area contributed by atoms with E-state index >= 15 is 0 Å². The average molecular weight is 652 g/mol. The van der Waals surface area contributed by atoms with Gasteiger partial charge in [-0.25, -0.2) is 8.42 Å². The first-order valence-corrected chi connectivity index (χ1v) is 17.1. The fourth-order valence-corrected chi connectivity index (χ4v) is 7.18. The van der Waals surface area contributed by atoms with E-state index in [0.29, 0.717) is 23.7 Å². The van der Waals surface area contributed by atoms with E-state index in [-0.39, 0.29) is 29.1 Å². The van der Waals surface area contributed by atoms with Crippen LogP contribution in [0.25, 0.3) is 0 Å². The van der Waals surface area contributed by atoms with Crippen molar-refractivity contribution in [1.29, 1.82) is 0 Å². The standard InChI is InChI=1S/C35H45N3O7S/c1-6-31(35(40)36-27-12-8-7-9-13-27)37(23-26-11-10-14-29(21-26)43-3)34(39)24-38(28-17-20-32(44-4)33(22-28)45-5)46(41,42)30-18-15-25(2)16-19-30/h10-11,14-22,27,31H,6-9,12-13,23-24H2,1-5H3,(H,36,40)/t31-/m0/s1. The first-order valence-electron chi connectivity index (χ1n) is 15.7. The summed E-state index contributed by atoms with van der Waals surface area (Å²) in [7, 11) is 0.271. The number of carbonyl (C=O) groups excluding carboxylic acids is 2. The van der Waals surface area contributed by atoms with Gasteiger partial charge in [0.1, 0.15) is 18.3 Å². The summed E-state index contributed by atoms with van der Waals surface area (Å²) in [5.41, 5.74) is 1.86. The van der Waals surface area contributed by atoms with E-state index in [1.54, 1.807) is 43.5 Å². The lowest BCUT2D eigenvalue weighted by Crippen LogP contribution is -2.54. The Labute approximate surface area is 272 Å². The van der Waals surface area contributed by atoms with Gasteiger partial charge < -0.3 is 24.4 Å². The fourth-order valence-electron chi connectivity index (χ4n) is 5.78. The fraction of sp³-hybridized carbons (Fsp3) is 0.429. The molecule has 3 aromatic rings. The van der Waals surface area contributed by atoms with Gasteiger partial charge >= 0.3 is 0 Å². The van der Waals surface area contributed by atoms with E-state index in [0.717, 1.165) is 47.5 Å². The molecule has 0 unspecified atom stereocenters. The van der Waals surface area contributed by atoms with Gasteiger partial charge in [0, 0.05) is 18.7 Å². The number of anilines is 1. The molecule has 46 heavy (non-hydrogen) atoms. The van der Waals surface area contributed by atoms with Gasteiger partial charge in [-0.1, -0.05) is 56.0 Å². The van der Waals surface area contributed by atoms with Crippen molar-refractivity contribution in [3.8, 4) is 17.2 Å². The number of sulfonamides is 1. The highest BCUT2D eigenvalue weighted by Gasteiger charge is 2.35. The molecule has 11 heteroatoms. The van der Waals surface area contributed by atoms with Crippen LogP contribution in [0.1, 0.15) is 56.6 Å². The molecule has 0 aromatic heterocycles. The van der Waals surface area contributed by atoms with Gasteiger partial charge in [0.15, 0.2) is 11.5 Å². The van der Waals surface area contributed by atoms with E-state index in [1.165, 1.54) is 37.3 Å². The Kier molecular flexibility index (Phi) is 11.9. The highest BCUT2D eigenvalue weighted by Crippen LogP contribution is 2.34. The average Bonchev–Trinajstić information content (AvgIpc) is 3.07. The van der Waals surface area contributed by atoms with Crippen LogP contribution in [0.15, 0.2) is 71.6 Å². The van der Waals surface area contributed by atoms with Gasteiger partial charge in [-0.15, -0.1) is 0 Å². The minimum Gasteiger partial charge on any atom is -0.497 e. The third-order valence-electron chi connectivity index (χ3n) is 8.37. The lowest BCUT2D eigenvalue weighted by Gasteiger charge is -2.34. The zero-order valence-corrected chi connectivity index (χ0v) is 28.1. The smallest absolute Gasteiger partial charge is 0.264 e. The molecule has 0 bridgehead atoms. The Hall–Kier alpha value is -4.25. The van der Waals surface area contributed by atoms with Crippen LogP contribution in [0.2, 0.25) is 0 Å². The predicted molar refractivity (Wildman–Crippen MR) is 178 cm³/mol. The number of hydrogen-bond donors (Lipinski definition) is 1. The summed E-state index contributed by atoms with van der Waals surface area (Å²) in [6.07, 6.45) is 5.37. The largest absolute Gasteiger partial charge is 0.497 e. The number of hydrogen-bond acceptors (Lipinski definition) is 7. The van der Waals surface area contributed by atoms with Gasteiger partial charge in [-0.05, 0) is 68.1 Å². The van der Waals surface area contributed by atoms with E-state index in [9.17, 15) is 18.0 Å². The summed E-state index contributed by atoms with van der Waals surface area (Å²) in [6, 6.07) is 17.6. The molecule has 0 saturated heterocycles. The van der Waals surface area contributed by atoms with E-state index in [1.807, 2.05) is 26.0 Å². The van der Waals surface area contributed by atoms with Crippen molar-refractivity contribution in [3.63, 3.8) is 0 Å². The van der Waals surface area contributed by atoms with Crippen molar-refractivity contribution in [1.82, 2.24) is 10.2 Å². The molecule has 2 amide bonds. The van der Waals surface area contributed by atoms with Crippen molar-refractivity contribution < 1.29 is 32.2 Å². The predicted octanol–water partition coefficient (Wildman–Crippen LogP) is 5.47. The Morgan fingerprint density at radius 3 is 2.22 bits per heavy atom. The quantitative estimate of drug-likeness (QED) is 0.246. The molecule has 4 rings (SSSR count). The van der Waals surface area contributed by atoms with Crippen LogP contribution in [0.4, 0.5) is 5.69 Å². The second-order valence-corrected chi connectivity index (χ2v) is 13.4. The second kappa shape index (κ2) is 15.8. The molecule has 1 N–H and O–H groups in total. The van der Waals surface area contributed by atoms with Crippen LogP contribution < -0.4 is 23.8 Å². The Morgan fingerprint density at radius 2 is 1.59 bits per heavy atom. The number of ether oxygens (including phenoxy) is 3. The molecule has 0 radical (unpaired) electrons. The Bertz CT molecular complexity index is 1590. The van der Waals surface area contributed by atoms with Gasteiger partial charge in [-0.3, -0.25) is 13.9 Å². The van der Waals surface area contributed by atoms with Gasteiger partial charge in [0.2, 0.25) is 11.8 Å². The van der Waals surface area contributed by atoms with Crippen LogP contribution >= 0.6 is 0 Å². The zero-order chi connectivity index (χ0) is 33.3. The van der Waals surface area contributed by atoms with Crippen LogP contribution in [0.5, 0.6) is 17.2 Å². The van der Waals surface area contributed by atoms with Crippen molar-refractivity contribution in [2.75, 3.05) is 32.2 Å². The molecular formula is C35H45N3O7S. The minimum atomic E-state index is -4.23. The molecule has 1 aliphatic carbocycles. The molecule has 0 spiro atoms. The number of benzene rings is 3. The number of rotatable bonds is 14. The zero-order valence-electron chi connectivity index (χ0n) is 27.3. The molecule has 1 atom stereocenters. The number of carbonyl (C=O) groups is 2. The van der Waals surface area contributed by atoms with Gasteiger partial charge in [0.05, 0.1) is 31.9 Å². The lowest BCUT2D eigenvalue weighted by molar-refractivity contribution is -0.140. The lowest BCUT2D eigenvalue weighted by atomic mass is 9.95. The third-order valence-corrected chi connectivity index (χ3v) is 10.2. The number of aryl methyl sites for hydroxylation is 1. The summed E-state index contributed by atoms with van der Waals surface area (Å²) < 4.78 is 45.7. The first-order chi connectivity index (χ1) is 22.1. The van der Waals surface area contributed by atoms with E-state index < -0.39 is 28.5 Å². The van der Waals surface area contributed by atoms with Crippen LogP contribution in [-0.2, 0) is 26.2 Å². The molecule has 1 fully saturated rings. The highest BCUT2D eigenvalue weighted by atomic mass is 32.2. The third kappa shape index (κ3) is 8.31. The Balaban J connectivity index is 1.76. The van der Waals surface area contributed by atoms with E-state index in [2.05, 4.69) is 5.32 Å². The monoisotopic (exact) mass is 651 g/mol. The topological polar surface area (TPSA) is 114 Å². The number of methoxy groups -OCH3 is 3. The first kappa shape index (κ1) is 34.6. The molecule has 0 heterocycles. The molecule has 10 nitrogen and oxygen atoms in total. The molecule has 1 aliphatic rings. The summed E-state index contributed by atoms with van der Waals surface area (Å²) in [6.45, 7) is 3.25. The van der Waals surface area contributed by atoms with Crippen molar-refractivity contribution in [2.45, 2.75) is 75.9 Å². The van der Waals surface area contributed by atoms with E-state index in [4.69, 9.17) is 14.2 Å². The number of nitrogens with zero attached hydrogens (tertiary/aromatic N) is 2. The summed E-state index contributed by atoms with van der Waals surface area (Å²) >= 11 is 0. The maximum absolute atomic E-state index is 14.4. The maximum atomic E-state index is 14.4. The highest BCUT2D eigenvalue weighted by molar-refractivity contribution is 7.92. The summed E-state index contributed by atoms with van der Waals surface area (Å²) in [4.78, 5) is 29.7. The molecule has 248 valence electrons. The van der Waals surface area contributed by atoms with Crippen LogP contribution in [0, 0.1) is 6.92 Å². The van der Waals surface area contributed by atoms with Crippen molar-refractivity contribution in [3.05, 3.63) is 77.9 Å². The number of amides is 2. The summed E-state index contributed by atoms with van der Waals surface area (Å²) in [5.74, 6) is 0.556.